The van der Waals surface area contributed by atoms with Crippen LogP contribution in [0.3, 0.4) is 0 Å². The predicted molar refractivity (Wildman–Crippen MR) is 125 cm³/mol. The molecule has 1 aliphatic heterocycles. The van der Waals surface area contributed by atoms with Crippen LogP contribution < -0.4 is 5.43 Å². The summed E-state index contributed by atoms with van der Waals surface area (Å²) in [6.45, 7) is 5.15. The van der Waals surface area contributed by atoms with E-state index >= 15 is 0 Å². The number of amides is 2. The fourth-order valence-corrected chi connectivity index (χ4v) is 4.19. The van der Waals surface area contributed by atoms with Gasteiger partial charge in [0.15, 0.2) is 11.4 Å². The second kappa shape index (κ2) is 9.32. The maximum Gasteiger partial charge on any atom is 0.274 e. The molecular weight excluding hydrogens is 418 g/mol. The van der Waals surface area contributed by atoms with E-state index in [1.54, 1.807) is 38.6 Å². The van der Waals surface area contributed by atoms with E-state index in [0.717, 1.165) is 5.56 Å². The van der Waals surface area contributed by atoms with Crippen molar-refractivity contribution in [3.8, 4) is 5.75 Å². The van der Waals surface area contributed by atoms with Crippen LogP contribution in [0, 0.1) is 0 Å². The standard InChI is InChI=1S/C26H27N3O4/c1-18(2)28-13-14-29-21(15-22(30)24(31)23(29)26(28)33)17-27(16-19-9-5-3-6-10-19)25(32)20-11-7-4-8-12-20/h3-12,15,18,31H,13-14,16-17H2,1-2H3. The molecule has 2 aromatic carbocycles. The van der Waals surface area contributed by atoms with Crippen molar-refractivity contribution in [1.82, 2.24) is 14.4 Å². The molecule has 0 fully saturated rings. The maximum absolute atomic E-state index is 13.4. The Labute approximate surface area is 192 Å². The van der Waals surface area contributed by atoms with E-state index in [0.29, 0.717) is 30.9 Å². The van der Waals surface area contributed by atoms with Crippen LogP contribution in [0.5, 0.6) is 5.75 Å². The van der Waals surface area contributed by atoms with Gasteiger partial charge in [-0.3, -0.25) is 14.4 Å². The number of aromatic nitrogens is 1. The van der Waals surface area contributed by atoms with Gasteiger partial charge in [-0.2, -0.15) is 0 Å². The molecule has 1 aromatic heterocycles. The van der Waals surface area contributed by atoms with E-state index in [9.17, 15) is 19.5 Å². The lowest BCUT2D eigenvalue weighted by Gasteiger charge is -2.35. The summed E-state index contributed by atoms with van der Waals surface area (Å²) in [6, 6.07) is 19.8. The SMILES string of the molecule is CC(C)N1CCn2c(CN(Cc3ccccc3)C(=O)c3ccccc3)cc(=O)c(O)c2C1=O. The predicted octanol–water partition coefficient (Wildman–Crippen LogP) is 3.26. The third kappa shape index (κ3) is 4.53. The van der Waals surface area contributed by atoms with Crippen molar-refractivity contribution in [2.75, 3.05) is 6.54 Å². The van der Waals surface area contributed by atoms with E-state index in [-0.39, 0.29) is 30.1 Å². The molecule has 0 aliphatic carbocycles. The van der Waals surface area contributed by atoms with Gasteiger partial charge in [0.2, 0.25) is 5.43 Å². The molecule has 2 amide bonds. The van der Waals surface area contributed by atoms with Crippen LogP contribution in [0.15, 0.2) is 71.5 Å². The van der Waals surface area contributed by atoms with Gasteiger partial charge in [0, 0.05) is 43.0 Å². The number of carbonyl (C=O) groups is 2. The molecule has 170 valence electrons. The molecule has 0 radical (unpaired) electrons. The number of hydrogen-bond donors (Lipinski definition) is 1. The molecule has 0 unspecified atom stereocenters. The van der Waals surface area contributed by atoms with Gasteiger partial charge in [-0.1, -0.05) is 48.5 Å². The minimum atomic E-state index is -0.623. The lowest BCUT2D eigenvalue weighted by Crippen LogP contribution is -2.46. The normalized spacial score (nSPS) is 13.2. The fraction of sp³-hybridized carbons (Fsp3) is 0.269. The molecule has 1 aliphatic rings. The Balaban J connectivity index is 1.75. The molecule has 0 spiro atoms. The zero-order valence-corrected chi connectivity index (χ0v) is 18.8. The molecular formula is C26H27N3O4. The first kappa shape index (κ1) is 22.3. The second-order valence-electron chi connectivity index (χ2n) is 8.45. The summed E-state index contributed by atoms with van der Waals surface area (Å²) in [5.74, 6) is -1.10. The van der Waals surface area contributed by atoms with Gasteiger partial charge >= 0.3 is 0 Å². The monoisotopic (exact) mass is 445 g/mol. The molecule has 2 heterocycles. The molecule has 1 N–H and O–H groups in total. The Morgan fingerprint density at radius 2 is 1.61 bits per heavy atom. The summed E-state index contributed by atoms with van der Waals surface area (Å²) < 4.78 is 1.67. The van der Waals surface area contributed by atoms with Crippen molar-refractivity contribution in [3.63, 3.8) is 0 Å². The van der Waals surface area contributed by atoms with Crippen LogP contribution in [0.2, 0.25) is 0 Å². The molecule has 0 atom stereocenters. The molecule has 0 saturated carbocycles. The number of carbonyl (C=O) groups excluding carboxylic acids is 2. The van der Waals surface area contributed by atoms with Gasteiger partial charge in [-0.25, -0.2) is 0 Å². The van der Waals surface area contributed by atoms with Crippen molar-refractivity contribution < 1.29 is 14.7 Å². The summed E-state index contributed by atoms with van der Waals surface area (Å²) in [6.07, 6.45) is 0. The summed E-state index contributed by atoms with van der Waals surface area (Å²) in [7, 11) is 0. The summed E-state index contributed by atoms with van der Waals surface area (Å²) in [4.78, 5) is 42.3. The topological polar surface area (TPSA) is 82.8 Å². The third-order valence-corrected chi connectivity index (χ3v) is 5.90. The van der Waals surface area contributed by atoms with Crippen molar-refractivity contribution in [3.05, 3.63) is 99.5 Å². The van der Waals surface area contributed by atoms with E-state index in [4.69, 9.17) is 0 Å². The number of hydrogen-bond acceptors (Lipinski definition) is 4. The smallest absolute Gasteiger partial charge is 0.274 e. The zero-order valence-electron chi connectivity index (χ0n) is 18.8. The molecule has 3 aromatic rings. The highest BCUT2D eigenvalue weighted by Crippen LogP contribution is 2.24. The second-order valence-corrected chi connectivity index (χ2v) is 8.45. The molecule has 0 saturated heterocycles. The van der Waals surface area contributed by atoms with Crippen molar-refractivity contribution in [2.24, 2.45) is 0 Å². The third-order valence-electron chi connectivity index (χ3n) is 5.90. The van der Waals surface area contributed by atoms with Gasteiger partial charge in [0.1, 0.15) is 0 Å². The Bertz CT molecular complexity index is 1220. The summed E-state index contributed by atoms with van der Waals surface area (Å²) in [5, 5.41) is 10.4. The van der Waals surface area contributed by atoms with E-state index in [1.807, 2.05) is 50.2 Å². The quantitative estimate of drug-likeness (QED) is 0.631. The van der Waals surface area contributed by atoms with Gasteiger partial charge in [-0.05, 0) is 31.5 Å². The fourth-order valence-electron chi connectivity index (χ4n) is 4.19. The number of benzene rings is 2. The summed E-state index contributed by atoms with van der Waals surface area (Å²) >= 11 is 0. The highest BCUT2D eigenvalue weighted by molar-refractivity contribution is 5.96. The van der Waals surface area contributed by atoms with E-state index in [1.165, 1.54) is 6.07 Å². The minimum Gasteiger partial charge on any atom is -0.503 e. The van der Waals surface area contributed by atoms with Gasteiger partial charge in [-0.15, -0.1) is 0 Å². The first-order chi connectivity index (χ1) is 15.9. The Morgan fingerprint density at radius 1 is 0.970 bits per heavy atom. The van der Waals surface area contributed by atoms with Gasteiger partial charge < -0.3 is 19.5 Å². The lowest BCUT2D eigenvalue weighted by molar-refractivity contribution is 0.0635. The average Bonchev–Trinajstić information content (AvgIpc) is 2.82. The van der Waals surface area contributed by atoms with Crippen molar-refractivity contribution in [1.29, 1.82) is 0 Å². The number of pyridine rings is 1. The van der Waals surface area contributed by atoms with Crippen molar-refractivity contribution >= 4 is 11.8 Å². The number of aromatic hydroxyl groups is 1. The average molecular weight is 446 g/mol. The largest absolute Gasteiger partial charge is 0.503 e. The minimum absolute atomic E-state index is 0.00993. The highest BCUT2D eigenvalue weighted by Gasteiger charge is 2.32. The van der Waals surface area contributed by atoms with Crippen LogP contribution in [0.25, 0.3) is 0 Å². The molecule has 0 bridgehead atoms. The van der Waals surface area contributed by atoms with Crippen LogP contribution in [0.1, 0.15) is 46.0 Å². The number of rotatable bonds is 6. The maximum atomic E-state index is 13.4. The van der Waals surface area contributed by atoms with Crippen molar-refractivity contribution in [2.45, 2.75) is 39.5 Å². The molecule has 7 nitrogen and oxygen atoms in total. The highest BCUT2D eigenvalue weighted by atomic mass is 16.3. The Hall–Kier alpha value is -3.87. The first-order valence-corrected chi connectivity index (χ1v) is 11.0. The van der Waals surface area contributed by atoms with Gasteiger partial charge in [0.25, 0.3) is 11.8 Å². The first-order valence-electron chi connectivity index (χ1n) is 11.0. The van der Waals surface area contributed by atoms with Crippen LogP contribution in [0.4, 0.5) is 0 Å². The molecule has 4 rings (SSSR count). The number of fused-ring (bicyclic) bond motifs is 1. The van der Waals surface area contributed by atoms with Crippen LogP contribution in [-0.2, 0) is 19.6 Å². The Kier molecular flexibility index (Phi) is 6.31. The van der Waals surface area contributed by atoms with Crippen LogP contribution >= 0.6 is 0 Å². The molecule has 7 heteroatoms. The van der Waals surface area contributed by atoms with E-state index in [2.05, 4.69) is 0 Å². The Morgan fingerprint density at radius 3 is 2.24 bits per heavy atom. The van der Waals surface area contributed by atoms with Gasteiger partial charge in [0.05, 0.1) is 6.54 Å². The lowest BCUT2D eigenvalue weighted by atomic mass is 10.1. The molecule has 33 heavy (non-hydrogen) atoms. The van der Waals surface area contributed by atoms with E-state index < -0.39 is 11.2 Å². The number of nitrogens with zero attached hydrogens (tertiary/aromatic N) is 3. The summed E-state index contributed by atoms with van der Waals surface area (Å²) in [5.41, 5.74) is 1.37. The zero-order chi connectivity index (χ0) is 23.5. The van der Waals surface area contributed by atoms with Crippen LogP contribution in [-0.4, -0.2) is 43.9 Å².